The molecule has 2 N–H and O–H groups in total. The minimum Gasteiger partial charge on any atom is -0.479 e. The number of carbonyl (C=O) groups is 2. The van der Waals surface area contributed by atoms with Gasteiger partial charge in [-0.15, -0.1) is 0 Å². The number of rotatable bonds is 7. The van der Waals surface area contributed by atoms with E-state index in [2.05, 4.69) is 15.3 Å². The molecule has 2 heterocycles. The normalized spacial score (nSPS) is 10.9. The highest BCUT2D eigenvalue weighted by atomic mass is 16.5. The molecular formula is C26H19N3O5. The van der Waals surface area contributed by atoms with Crippen molar-refractivity contribution >= 4 is 33.8 Å². The lowest BCUT2D eigenvalue weighted by Crippen LogP contribution is -2.24. The maximum atomic E-state index is 12.9. The van der Waals surface area contributed by atoms with Gasteiger partial charge in [-0.1, -0.05) is 54.6 Å². The molecule has 0 aliphatic rings. The zero-order valence-corrected chi connectivity index (χ0v) is 17.9. The second kappa shape index (κ2) is 9.03. The van der Waals surface area contributed by atoms with Crippen LogP contribution >= 0.6 is 0 Å². The minimum atomic E-state index is -1.15. The van der Waals surface area contributed by atoms with Crippen molar-refractivity contribution in [2.24, 2.45) is 0 Å². The summed E-state index contributed by atoms with van der Waals surface area (Å²) in [5, 5.41) is 13.8. The Balaban J connectivity index is 1.39. The topological polar surface area (TPSA) is 115 Å². The highest BCUT2D eigenvalue weighted by Gasteiger charge is 2.15. The Kier molecular flexibility index (Phi) is 5.61. The van der Waals surface area contributed by atoms with Crippen molar-refractivity contribution in [2.45, 2.75) is 6.54 Å². The van der Waals surface area contributed by atoms with Gasteiger partial charge in [0, 0.05) is 28.9 Å². The molecule has 8 heteroatoms. The molecule has 0 unspecified atom stereocenters. The van der Waals surface area contributed by atoms with Crippen LogP contribution in [0.5, 0.6) is 5.88 Å². The zero-order valence-electron chi connectivity index (χ0n) is 17.9. The number of benzene rings is 3. The number of carbonyl (C=O) groups excluding carboxylic acids is 1. The first-order chi connectivity index (χ1) is 16.6. The number of furan rings is 1. The predicted octanol–water partition coefficient (Wildman–Crippen LogP) is 4.44. The Morgan fingerprint density at radius 3 is 2.47 bits per heavy atom. The van der Waals surface area contributed by atoms with E-state index in [4.69, 9.17) is 14.3 Å². The Morgan fingerprint density at radius 1 is 0.882 bits per heavy atom. The van der Waals surface area contributed by atoms with E-state index in [1.807, 2.05) is 60.7 Å². The summed E-state index contributed by atoms with van der Waals surface area (Å²) in [6.45, 7) is -0.310. The fraction of sp³-hybridized carbons (Fsp3) is 0.0769. The number of nitrogens with zero attached hydrogens (tertiary/aromatic N) is 2. The molecule has 168 valence electrons. The molecule has 3 aromatic carbocycles. The molecule has 0 saturated heterocycles. The van der Waals surface area contributed by atoms with Crippen LogP contribution in [0.1, 0.15) is 16.1 Å². The van der Waals surface area contributed by atoms with Crippen LogP contribution in [0, 0.1) is 0 Å². The van der Waals surface area contributed by atoms with Gasteiger partial charge in [0.05, 0.1) is 0 Å². The number of carboxylic acids is 1. The van der Waals surface area contributed by atoms with E-state index in [9.17, 15) is 9.59 Å². The first kappa shape index (κ1) is 21.1. The van der Waals surface area contributed by atoms with Crippen LogP contribution < -0.4 is 10.1 Å². The molecule has 0 spiro atoms. The Labute approximate surface area is 193 Å². The number of hydrogen-bond donors (Lipinski definition) is 2. The number of fused-ring (bicyclic) bond motifs is 3. The lowest BCUT2D eigenvalue weighted by Gasteiger charge is -2.09. The van der Waals surface area contributed by atoms with E-state index in [0.717, 1.165) is 27.5 Å². The fourth-order valence-electron chi connectivity index (χ4n) is 3.62. The molecule has 8 nitrogen and oxygen atoms in total. The largest absolute Gasteiger partial charge is 0.479 e. The van der Waals surface area contributed by atoms with E-state index >= 15 is 0 Å². The van der Waals surface area contributed by atoms with Gasteiger partial charge in [0.1, 0.15) is 16.9 Å². The van der Waals surface area contributed by atoms with Gasteiger partial charge >= 0.3 is 5.97 Å². The van der Waals surface area contributed by atoms with Crippen LogP contribution in [-0.2, 0) is 11.3 Å². The molecule has 0 aliphatic heterocycles. The molecule has 0 fully saturated rings. The van der Waals surface area contributed by atoms with Crippen LogP contribution in [0.3, 0.4) is 0 Å². The number of aromatic nitrogens is 2. The summed E-state index contributed by atoms with van der Waals surface area (Å²) < 4.78 is 11.1. The molecule has 34 heavy (non-hydrogen) atoms. The summed E-state index contributed by atoms with van der Waals surface area (Å²) in [6, 6.07) is 23.9. The number of hydrogen-bond acceptors (Lipinski definition) is 6. The molecule has 0 bridgehead atoms. The van der Waals surface area contributed by atoms with Crippen molar-refractivity contribution in [3.63, 3.8) is 0 Å². The van der Waals surface area contributed by atoms with Gasteiger partial charge in [-0.3, -0.25) is 4.79 Å². The number of aliphatic carboxylic acids is 1. The lowest BCUT2D eigenvalue weighted by atomic mass is 10.1. The Bertz CT molecular complexity index is 1510. The Morgan fingerprint density at radius 2 is 1.65 bits per heavy atom. The maximum absolute atomic E-state index is 12.9. The second-order valence-electron chi connectivity index (χ2n) is 7.57. The van der Waals surface area contributed by atoms with Crippen molar-refractivity contribution in [2.75, 3.05) is 6.61 Å². The summed E-state index contributed by atoms with van der Waals surface area (Å²) in [4.78, 5) is 32.4. The van der Waals surface area contributed by atoms with Crippen molar-refractivity contribution in [1.29, 1.82) is 0 Å². The van der Waals surface area contributed by atoms with Gasteiger partial charge in [0.2, 0.25) is 5.88 Å². The first-order valence-corrected chi connectivity index (χ1v) is 10.5. The number of amides is 1. The third kappa shape index (κ3) is 4.42. The molecule has 5 rings (SSSR count). The molecule has 0 atom stereocenters. The predicted molar refractivity (Wildman–Crippen MR) is 125 cm³/mol. The standard InChI is InChI=1S/C26H19N3O5/c30-24(31)15-33-23-13-20(28-25(29-23)17-6-2-1-3-7-17)26(32)27-14-16-10-11-22-19(12-16)18-8-4-5-9-21(18)34-22/h1-13H,14-15H2,(H,27,32)(H,30,31). The number of carboxylic acid groups (broad SMARTS) is 1. The number of ether oxygens (including phenoxy) is 1. The molecule has 0 aliphatic carbocycles. The lowest BCUT2D eigenvalue weighted by molar-refractivity contribution is -0.139. The third-order valence-corrected chi connectivity index (χ3v) is 5.20. The van der Waals surface area contributed by atoms with E-state index in [1.54, 1.807) is 12.1 Å². The maximum Gasteiger partial charge on any atom is 0.341 e. The van der Waals surface area contributed by atoms with Crippen LogP contribution in [0.25, 0.3) is 33.3 Å². The fourth-order valence-corrected chi connectivity index (χ4v) is 3.62. The second-order valence-corrected chi connectivity index (χ2v) is 7.57. The SMILES string of the molecule is O=C(O)COc1cc(C(=O)NCc2ccc3oc4ccccc4c3c2)nc(-c2ccccc2)n1. The highest BCUT2D eigenvalue weighted by Crippen LogP contribution is 2.29. The zero-order chi connectivity index (χ0) is 23.5. The average molecular weight is 453 g/mol. The minimum absolute atomic E-state index is 0.00712. The van der Waals surface area contributed by atoms with E-state index < -0.39 is 18.5 Å². The summed E-state index contributed by atoms with van der Waals surface area (Å²) in [5.41, 5.74) is 3.23. The van der Waals surface area contributed by atoms with Crippen molar-refractivity contribution in [3.05, 3.63) is 90.1 Å². The molecule has 2 aromatic heterocycles. The molecular weight excluding hydrogens is 434 g/mol. The number of nitrogens with one attached hydrogen (secondary N) is 1. The molecule has 5 aromatic rings. The van der Waals surface area contributed by atoms with Gasteiger partial charge in [0.25, 0.3) is 5.91 Å². The van der Waals surface area contributed by atoms with Crippen molar-refractivity contribution < 1.29 is 23.8 Å². The average Bonchev–Trinajstić information content (AvgIpc) is 3.24. The van der Waals surface area contributed by atoms with Crippen molar-refractivity contribution in [1.82, 2.24) is 15.3 Å². The van der Waals surface area contributed by atoms with Crippen LogP contribution in [-0.4, -0.2) is 33.6 Å². The van der Waals surface area contributed by atoms with E-state index in [1.165, 1.54) is 6.07 Å². The Hall–Kier alpha value is -4.72. The van der Waals surface area contributed by atoms with Gasteiger partial charge in [-0.05, 0) is 23.8 Å². The van der Waals surface area contributed by atoms with Crippen LogP contribution in [0.15, 0.2) is 83.3 Å². The molecule has 1 amide bonds. The highest BCUT2D eigenvalue weighted by molar-refractivity contribution is 6.05. The van der Waals surface area contributed by atoms with Crippen LogP contribution in [0.2, 0.25) is 0 Å². The van der Waals surface area contributed by atoms with E-state index in [-0.39, 0.29) is 23.9 Å². The third-order valence-electron chi connectivity index (χ3n) is 5.20. The van der Waals surface area contributed by atoms with Crippen LogP contribution in [0.4, 0.5) is 0 Å². The summed E-state index contributed by atoms with van der Waals surface area (Å²) in [5.74, 6) is -1.31. The smallest absolute Gasteiger partial charge is 0.341 e. The van der Waals surface area contributed by atoms with E-state index in [0.29, 0.717) is 5.56 Å². The summed E-state index contributed by atoms with van der Waals surface area (Å²) in [7, 11) is 0. The van der Waals surface area contributed by atoms with Gasteiger partial charge in [0.15, 0.2) is 12.4 Å². The first-order valence-electron chi connectivity index (χ1n) is 10.5. The summed E-state index contributed by atoms with van der Waals surface area (Å²) in [6.07, 6.45) is 0. The monoisotopic (exact) mass is 453 g/mol. The quantitative estimate of drug-likeness (QED) is 0.374. The molecule has 0 saturated carbocycles. The van der Waals surface area contributed by atoms with Crippen molar-refractivity contribution in [3.8, 4) is 17.3 Å². The van der Waals surface area contributed by atoms with Gasteiger partial charge in [-0.2, -0.15) is 4.98 Å². The van der Waals surface area contributed by atoms with Gasteiger partial charge < -0.3 is 19.6 Å². The number of para-hydroxylation sites is 1. The van der Waals surface area contributed by atoms with Gasteiger partial charge in [-0.25, -0.2) is 9.78 Å². The molecule has 0 radical (unpaired) electrons. The summed E-state index contributed by atoms with van der Waals surface area (Å²) >= 11 is 0.